The van der Waals surface area contributed by atoms with E-state index in [1.807, 2.05) is 0 Å². The number of halogens is 3. The number of fused-ring (bicyclic) bond motifs is 3. The zero-order chi connectivity index (χ0) is 33.5. The maximum Gasteiger partial charge on any atom is 0.417 e. The normalized spacial score (nSPS) is 31.8. The summed E-state index contributed by atoms with van der Waals surface area (Å²) in [5.41, 5.74) is 0.648. The molecular weight excluding hydrogens is 601 g/mol. The van der Waals surface area contributed by atoms with Crippen molar-refractivity contribution in [1.29, 1.82) is 0 Å². The lowest BCUT2D eigenvalue weighted by Gasteiger charge is -2.52. The quantitative estimate of drug-likeness (QED) is 0.314. The number of benzene rings is 1. The van der Waals surface area contributed by atoms with Gasteiger partial charge in [0.05, 0.1) is 17.5 Å². The number of rotatable bonds is 5. The highest BCUT2D eigenvalue weighted by Gasteiger charge is 2.69. The molecule has 0 radical (unpaired) electrons. The van der Waals surface area contributed by atoms with Crippen LogP contribution in [0.5, 0.6) is 5.75 Å². The molecule has 0 aromatic heterocycles. The summed E-state index contributed by atoms with van der Waals surface area (Å²) in [6.45, 7) is -0.324. The molecule has 1 heterocycles. The Morgan fingerprint density at radius 1 is 1.07 bits per heavy atom. The van der Waals surface area contributed by atoms with Crippen molar-refractivity contribution in [2.45, 2.75) is 55.6 Å². The molecule has 1 aliphatic heterocycles. The van der Waals surface area contributed by atoms with E-state index in [1.54, 1.807) is 30.0 Å². The molecular formula is C30H37F3N4O8. The van der Waals surface area contributed by atoms with Gasteiger partial charge in [0.15, 0.2) is 40.3 Å². The van der Waals surface area contributed by atoms with Crippen molar-refractivity contribution >= 4 is 34.7 Å². The van der Waals surface area contributed by atoms with Gasteiger partial charge in [0, 0.05) is 50.9 Å². The molecule has 5 N–H and O–H groups in total. The first-order valence-electron chi connectivity index (χ1n) is 14.7. The van der Waals surface area contributed by atoms with Crippen LogP contribution in [-0.2, 0) is 32.1 Å². The summed E-state index contributed by atoms with van der Waals surface area (Å²) < 4.78 is 40.0. The molecule has 3 fully saturated rings. The molecule has 0 bridgehead atoms. The van der Waals surface area contributed by atoms with E-state index in [0.29, 0.717) is 11.3 Å². The molecule has 2 unspecified atom stereocenters. The minimum Gasteiger partial charge on any atom is -0.507 e. The number of amides is 1. The van der Waals surface area contributed by atoms with Crippen LogP contribution in [0.1, 0.15) is 40.7 Å². The van der Waals surface area contributed by atoms with E-state index in [9.17, 15) is 52.5 Å². The van der Waals surface area contributed by atoms with E-state index in [-0.39, 0.29) is 43.6 Å². The zero-order valence-corrected chi connectivity index (χ0v) is 25.3. The lowest BCUT2D eigenvalue weighted by atomic mass is 9.52. The first-order chi connectivity index (χ1) is 20.8. The fraction of sp³-hybridized carbons (Fsp3) is 0.633. The molecule has 2 saturated carbocycles. The van der Waals surface area contributed by atoms with E-state index in [4.69, 9.17) is 5.73 Å². The van der Waals surface area contributed by atoms with Gasteiger partial charge < -0.3 is 26.0 Å². The average molecular weight is 639 g/mol. The molecule has 1 aromatic rings. The van der Waals surface area contributed by atoms with Crippen molar-refractivity contribution in [3.63, 3.8) is 0 Å². The van der Waals surface area contributed by atoms with Gasteiger partial charge in [-0.2, -0.15) is 13.2 Å². The lowest BCUT2D eigenvalue weighted by molar-refractivity contribution is -0.272. The second-order valence-corrected chi connectivity index (χ2v) is 13.2. The number of carbonyl (C=O) groups excluding carboxylic acids is 5. The van der Waals surface area contributed by atoms with Gasteiger partial charge in [-0.1, -0.05) is 0 Å². The Balaban J connectivity index is 1.54. The molecule has 45 heavy (non-hydrogen) atoms. The number of alkyl halides is 3. The number of aromatic hydroxyl groups is 1. The van der Waals surface area contributed by atoms with Crippen molar-refractivity contribution in [2.75, 3.05) is 46.2 Å². The molecule has 5 rings (SSSR count). The van der Waals surface area contributed by atoms with Gasteiger partial charge in [-0.3, -0.25) is 33.8 Å². The van der Waals surface area contributed by atoms with Crippen LogP contribution in [0.3, 0.4) is 0 Å². The van der Waals surface area contributed by atoms with Crippen LogP contribution in [0.25, 0.3) is 0 Å². The number of Topliss-reactive ketones (excluding diaryl/α,β-unsaturated/α-hetero) is 4. The van der Waals surface area contributed by atoms with Crippen LogP contribution in [-0.4, -0.2) is 119 Å². The standard InChI is InChI=1S/C30H37F3N4O8/c1-35(2)17-11-14(12-37-7-5-28(44,6-8-37)30(31,32)33)22(38)19-15(17)9-13-10-16-21(36(3)4)24(40)20(27(34)43)26(42)29(16,45)25(41)18(13)23(19)39/h11,13,16,18,20-21,38,44-45H,5-10,12H2,1-4H3,(H2,34,43)/t13-,16-,18?,20?,21-,29-/m0/s1. The molecule has 6 atom stereocenters. The van der Waals surface area contributed by atoms with Crippen molar-refractivity contribution in [2.24, 2.45) is 29.4 Å². The monoisotopic (exact) mass is 638 g/mol. The minimum absolute atomic E-state index is 0.0549. The predicted octanol–water partition coefficient (Wildman–Crippen LogP) is -0.178. The molecule has 1 amide bonds. The topological polar surface area (TPSA) is 182 Å². The number of phenols is 1. The Morgan fingerprint density at radius 3 is 2.18 bits per heavy atom. The van der Waals surface area contributed by atoms with Crippen LogP contribution in [0.15, 0.2) is 6.07 Å². The molecule has 246 valence electrons. The number of likely N-dealkylation sites (N-methyl/N-ethyl adjacent to an activating group) is 1. The van der Waals surface area contributed by atoms with E-state index in [2.05, 4.69) is 0 Å². The predicted molar refractivity (Wildman–Crippen MR) is 151 cm³/mol. The largest absolute Gasteiger partial charge is 0.507 e. The van der Waals surface area contributed by atoms with Crippen molar-refractivity contribution in [3.05, 3.63) is 22.8 Å². The van der Waals surface area contributed by atoms with E-state index in [0.717, 1.165) is 0 Å². The zero-order valence-electron chi connectivity index (χ0n) is 25.3. The number of nitrogens with zero attached hydrogens (tertiary/aromatic N) is 3. The third-order valence-electron chi connectivity index (χ3n) is 10.2. The van der Waals surface area contributed by atoms with E-state index in [1.165, 1.54) is 19.0 Å². The highest BCUT2D eigenvalue weighted by Crippen LogP contribution is 2.52. The van der Waals surface area contributed by atoms with Gasteiger partial charge in [0.2, 0.25) is 5.91 Å². The highest BCUT2D eigenvalue weighted by molar-refractivity contribution is 6.32. The van der Waals surface area contributed by atoms with Gasteiger partial charge in [-0.15, -0.1) is 0 Å². The van der Waals surface area contributed by atoms with Crippen LogP contribution in [0.4, 0.5) is 18.9 Å². The van der Waals surface area contributed by atoms with Crippen molar-refractivity contribution < 1.29 is 52.5 Å². The number of piperidine rings is 1. The number of anilines is 1. The Labute approximate surface area is 256 Å². The molecule has 1 saturated heterocycles. The summed E-state index contributed by atoms with van der Waals surface area (Å²) in [7, 11) is 6.41. The second kappa shape index (κ2) is 10.9. The first kappa shape index (κ1) is 33.0. The third-order valence-corrected chi connectivity index (χ3v) is 10.2. The number of carbonyl (C=O) groups is 5. The summed E-state index contributed by atoms with van der Waals surface area (Å²) in [4.78, 5) is 71.8. The van der Waals surface area contributed by atoms with Gasteiger partial charge in [0.1, 0.15) is 5.75 Å². The van der Waals surface area contributed by atoms with Gasteiger partial charge in [0.25, 0.3) is 0 Å². The summed E-state index contributed by atoms with van der Waals surface area (Å²) in [6.07, 6.45) is -5.95. The summed E-state index contributed by atoms with van der Waals surface area (Å²) in [5.74, 6) is -11.6. The van der Waals surface area contributed by atoms with Gasteiger partial charge in [-0.05, 0) is 57.3 Å². The first-order valence-corrected chi connectivity index (χ1v) is 14.7. The van der Waals surface area contributed by atoms with Gasteiger partial charge in [-0.25, -0.2) is 0 Å². The maximum atomic E-state index is 14.2. The summed E-state index contributed by atoms with van der Waals surface area (Å²) in [5, 5.41) is 33.2. The van der Waals surface area contributed by atoms with E-state index >= 15 is 0 Å². The number of primary amides is 1. The number of ketones is 4. The SMILES string of the molecule is CN(C)c1cc(CN2CCC(O)(C(F)(F)F)CC2)c(O)c2c1C[C@H]1C[C@H]3[C@H](N(C)C)C(=O)C(C(N)=O)C(=O)[C@@]3(O)C(=O)C1C2=O. The van der Waals surface area contributed by atoms with E-state index < -0.39 is 94.7 Å². The minimum atomic E-state index is -4.79. The number of hydrogen-bond acceptors (Lipinski definition) is 11. The number of hydrogen-bond donors (Lipinski definition) is 4. The summed E-state index contributed by atoms with van der Waals surface area (Å²) >= 11 is 0. The average Bonchev–Trinajstić information content (AvgIpc) is 2.92. The second-order valence-electron chi connectivity index (χ2n) is 13.2. The molecule has 12 nitrogen and oxygen atoms in total. The number of nitrogens with two attached hydrogens (primary N) is 1. The number of likely N-dealkylation sites (tertiary alicyclic amines) is 1. The van der Waals surface area contributed by atoms with Crippen LogP contribution in [0, 0.1) is 23.7 Å². The molecule has 0 spiro atoms. The Morgan fingerprint density at radius 2 is 1.67 bits per heavy atom. The molecule has 1 aromatic carbocycles. The summed E-state index contributed by atoms with van der Waals surface area (Å²) in [6, 6.07) is 0.413. The smallest absolute Gasteiger partial charge is 0.417 e. The molecule has 4 aliphatic rings. The fourth-order valence-electron chi connectivity index (χ4n) is 7.83. The highest BCUT2D eigenvalue weighted by atomic mass is 19.4. The third kappa shape index (κ3) is 4.86. The number of aliphatic hydroxyl groups is 2. The molecule has 3 aliphatic carbocycles. The lowest BCUT2D eigenvalue weighted by Crippen LogP contribution is -2.74. The fourth-order valence-corrected chi connectivity index (χ4v) is 7.83. The number of phenolic OH excluding ortho intramolecular Hbond substituents is 1. The Bertz CT molecular complexity index is 1490. The molecule has 15 heteroatoms. The van der Waals surface area contributed by atoms with Crippen molar-refractivity contribution in [3.8, 4) is 5.75 Å². The Hall–Kier alpha value is -3.40. The van der Waals surface area contributed by atoms with Crippen LogP contribution < -0.4 is 10.6 Å². The van der Waals surface area contributed by atoms with Gasteiger partial charge >= 0.3 is 6.18 Å². The maximum absolute atomic E-state index is 14.2. The van der Waals surface area contributed by atoms with Crippen LogP contribution in [0.2, 0.25) is 0 Å². The Kier molecular flexibility index (Phi) is 7.95. The van der Waals surface area contributed by atoms with Crippen LogP contribution >= 0.6 is 0 Å². The van der Waals surface area contributed by atoms with Crippen molar-refractivity contribution in [1.82, 2.24) is 9.80 Å².